The molecule has 2 heterocycles. The number of thiophene rings is 1. The van der Waals surface area contributed by atoms with Crippen molar-refractivity contribution in [2.75, 3.05) is 5.32 Å². The SMILES string of the molecule is CCn1nc(C)cc1C(=O)Nc1sc2c(c1C(N)=O)CCCC2. The van der Waals surface area contributed by atoms with E-state index in [-0.39, 0.29) is 5.91 Å². The van der Waals surface area contributed by atoms with Gasteiger partial charge in [-0.2, -0.15) is 5.10 Å². The van der Waals surface area contributed by atoms with Gasteiger partial charge in [0.2, 0.25) is 0 Å². The zero-order chi connectivity index (χ0) is 16.6. The van der Waals surface area contributed by atoms with E-state index in [9.17, 15) is 9.59 Å². The van der Waals surface area contributed by atoms with Crippen LogP contribution in [0.25, 0.3) is 0 Å². The van der Waals surface area contributed by atoms with Crippen molar-refractivity contribution < 1.29 is 9.59 Å². The summed E-state index contributed by atoms with van der Waals surface area (Å²) in [4.78, 5) is 25.6. The number of aryl methyl sites for hydroxylation is 3. The fourth-order valence-corrected chi connectivity index (χ4v) is 4.34. The van der Waals surface area contributed by atoms with Gasteiger partial charge in [-0.25, -0.2) is 0 Å². The maximum Gasteiger partial charge on any atom is 0.274 e. The predicted molar refractivity (Wildman–Crippen MR) is 90.1 cm³/mol. The van der Waals surface area contributed by atoms with Crippen molar-refractivity contribution in [2.45, 2.75) is 46.1 Å². The number of nitrogens with zero attached hydrogens (tertiary/aromatic N) is 2. The highest BCUT2D eigenvalue weighted by molar-refractivity contribution is 7.17. The molecule has 2 aromatic heterocycles. The van der Waals surface area contributed by atoms with Crippen LogP contribution in [-0.4, -0.2) is 21.6 Å². The largest absolute Gasteiger partial charge is 0.365 e. The number of fused-ring (bicyclic) bond motifs is 1. The number of nitrogens with two attached hydrogens (primary N) is 1. The molecule has 0 aromatic carbocycles. The summed E-state index contributed by atoms with van der Waals surface area (Å²) in [6, 6.07) is 1.75. The second-order valence-electron chi connectivity index (χ2n) is 5.72. The molecular formula is C16H20N4O2S. The summed E-state index contributed by atoms with van der Waals surface area (Å²) < 4.78 is 1.65. The molecule has 0 unspecified atom stereocenters. The first-order valence-corrected chi connectivity index (χ1v) is 8.63. The Labute approximate surface area is 138 Å². The molecule has 0 spiro atoms. The van der Waals surface area contributed by atoms with Crippen LogP contribution >= 0.6 is 11.3 Å². The van der Waals surface area contributed by atoms with E-state index in [1.807, 2.05) is 13.8 Å². The molecule has 1 aliphatic rings. The van der Waals surface area contributed by atoms with Gasteiger partial charge in [0.25, 0.3) is 11.8 Å². The molecule has 0 radical (unpaired) electrons. The normalized spacial score (nSPS) is 13.7. The first-order valence-electron chi connectivity index (χ1n) is 7.81. The zero-order valence-corrected chi connectivity index (χ0v) is 14.1. The maximum absolute atomic E-state index is 12.6. The molecule has 23 heavy (non-hydrogen) atoms. The monoisotopic (exact) mass is 332 g/mol. The lowest BCUT2D eigenvalue weighted by molar-refractivity contribution is 0.100. The Kier molecular flexibility index (Phi) is 4.21. The molecule has 0 saturated heterocycles. The van der Waals surface area contributed by atoms with E-state index in [2.05, 4.69) is 10.4 Å². The molecule has 0 saturated carbocycles. The highest BCUT2D eigenvalue weighted by Crippen LogP contribution is 2.38. The summed E-state index contributed by atoms with van der Waals surface area (Å²) >= 11 is 1.47. The fourth-order valence-electron chi connectivity index (χ4n) is 3.05. The number of carbonyl (C=O) groups is 2. The lowest BCUT2D eigenvalue weighted by atomic mass is 9.95. The van der Waals surface area contributed by atoms with Crippen molar-refractivity contribution in [3.05, 3.63) is 33.5 Å². The first-order chi connectivity index (χ1) is 11.0. The van der Waals surface area contributed by atoms with Crippen molar-refractivity contribution in [1.29, 1.82) is 0 Å². The van der Waals surface area contributed by atoms with E-state index in [0.29, 0.717) is 22.8 Å². The average Bonchev–Trinajstić information content (AvgIpc) is 3.06. The molecule has 3 N–H and O–H groups in total. The lowest BCUT2D eigenvalue weighted by Gasteiger charge is -2.11. The van der Waals surface area contributed by atoms with Crippen molar-refractivity contribution >= 4 is 28.2 Å². The highest BCUT2D eigenvalue weighted by Gasteiger charge is 2.25. The van der Waals surface area contributed by atoms with Gasteiger partial charge >= 0.3 is 0 Å². The van der Waals surface area contributed by atoms with Crippen LogP contribution in [0.5, 0.6) is 0 Å². The summed E-state index contributed by atoms with van der Waals surface area (Å²) in [5, 5.41) is 7.72. The van der Waals surface area contributed by atoms with Crippen molar-refractivity contribution in [1.82, 2.24) is 9.78 Å². The number of hydrogen-bond acceptors (Lipinski definition) is 4. The number of anilines is 1. The molecule has 0 bridgehead atoms. The third-order valence-corrected chi connectivity index (χ3v) is 5.29. The Morgan fingerprint density at radius 1 is 1.39 bits per heavy atom. The van der Waals surface area contributed by atoms with Crippen molar-refractivity contribution in [3.63, 3.8) is 0 Å². The van der Waals surface area contributed by atoms with Gasteiger partial charge in [-0.05, 0) is 51.2 Å². The van der Waals surface area contributed by atoms with E-state index >= 15 is 0 Å². The van der Waals surface area contributed by atoms with E-state index in [0.717, 1.165) is 36.9 Å². The number of carbonyl (C=O) groups excluding carboxylic acids is 2. The molecule has 2 amide bonds. The number of rotatable bonds is 4. The van der Waals surface area contributed by atoms with Crippen LogP contribution in [0, 0.1) is 6.92 Å². The summed E-state index contributed by atoms with van der Waals surface area (Å²) in [6.07, 6.45) is 3.97. The van der Waals surface area contributed by atoms with Gasteiger partial charge in [-0.15, -0.1) is 11.3 Å². The predicted octanol–water partition coefficient (Wildman–Crippen LogP) is 2.50. The molecule has 1 aliphatic carbocycles. The average molecular weight is 332 g/mol. The molecule has 122 valence electrons. The Hall–Kier alpha value is -2.15. The summed E-state index contributed by atoms with van der Waals surface area (Å²) in [6.45, 7) is 4.39. The molecule has 0 aliphatic heterocycles. The van der Waals surface area contributed by atoms with Crippen LogP contribution in [0.15, 0.2) is 6.07 Å². The Bertz CT molecular complexity index is 775. The molecule has 3 rings (SSSR count). The Morgan fingerprint density at radius 3 is 2.83 bits per heavy atom. The Morgan fingerprint density at radius 2 is 2.13 bits per heavy atom. The molecule has 7 heteroatoms. The number of primary amides is 1. The summed E-state index contributed by atoms with van der Waals surface area (Å²) in [5.41, 5.74) is 8.34. The third kappa shape index (κ3) is 2.88. The molecule has 0 atom stereocenters. The molecule has 6 nitrogen and oxygen atoms in total. The van der Waals surface area contributed by atoms with Crippen LogP contribution in [0.1, 0.15) is 56.7 Å². The van der Waals surface area contributed by atoms with Crippen LogP contribution in [0.4, 0.5) is 5.00 Å². The zero-order valence-electron chi connectivity index (χ0n) is 13.3. The van der Waals surface area contributed by atoms with Crippen LogP contribution in [0.3, 0.4) is 0 Å². The van der Waals surface area contributed by atoms with Crippen LogP contribution < -0.4 is 11.1 Å². The molecule has 0 fully saturated rings. The number of hydrogen-bond donors (Lipinski definition) is 2. The van der Waals surface area contributed by atoms with Gasteiger partial charge in [0.15, 0.2) is 0 Å². The minimum absolute atomic E-state index is 0.256. The Balaban J connectivity index is 1.95. The molecule has 2 aromatic rings. The smallest absolute Gasteiger partial charge is 0.274 e. The first kappa shape index (κ1) is 15.7. The van der Waals surface area contributed by atoms with Gasteiger partial charge in [0.05, 0.1) is 11.3 Å². The minimum Gasteiger partial charge on any atom is -0.365 e. The minimum atomic E-state index is -0.472. The number of nitrogens with one attached hydrogen (secondary N) is 1. The summed E-state index contributed by atoms with van der Waals surface area (Å²) in [7, 11) is 0. The van der Waals surface area contributed by atoms with Gasteiger partial charge in [0, 0.05) is 11.4 Å². The van der Waals surface area contributed by atoms with Gasteiger partial charge in [-0.1, -0.05) is 0 Å². The van der Waals surface area contributed by atoms with E-state index in [1.165, 1.54) is 16.2 Å². The third-order valence-electron chi connectivity index (χ3n) is 4.08. The fraction of sp³-hybridized carbons (Fsp3) is 0.438. The maximum atomic E-state index is 12.6. The number of aromatic nitrogens is 2. The summed E-state index contributed by atoms with van der Waals surface area (Å²) in [5.74, 6) is -0.728. The van der Waals surface area contributed by atoms with Crippen molar-refractivity contribution in [3.8, 4) is 0 Å². The molecular weight excluding hydrogens is 312 g/mol. The van der Waals surface area contributed by atoms with Gasteiger partial charge in [-0.3, -0.25) is 14.3 Å². The van der Waals surface area contributed by atoms with E-state index in [1.54, 1.807) is 10.7 Å². The highest BCUT2D eigenvalue weighted by atomic mass is 32.1. The van der Waals surface area contributed by atoms with E-state index in [4.69, 9.17) is 5.73 Å². The second-order valence-corrected chi connectivity index (χ2v) is 6.83. The topological polar surface area (TPSA) is 90.0 Å². The van der Waals surface area contributed by atoms with Crippen LogP contribution in [-0.2, 0) is 19.4 Å². The van der Waals surface area contributed by atoms with Crippen LogP contribution in [0.2, 0.25) is 0 Å². The second kappa shape index (κ2) is 6.16. The standard InChI is InChI=1S/C16H20N4O2S/c1-3-20-11(8-9(2)19-20)15(22)18-16-13(14(17)21)10-6-4-5-7-12(10)23-16/h8H,3-7H2,1-2H3,(H2,17,21)(H,18,22). The van der Waals surface area contributed by atoms with Gasteiger partial charge < -0.3 is 11.1 Å². The quantitative estimate of drug-likeness (QED) is 0.901. The van der Waals surface area contributed by atoms with Crippen molar-refractivity contribution in [2.24, 2.45) is 5.73 Å². The lowest BCUT2D eigenvalue weighted by Crippen LogP contribution is -2.20. The van der Waals surface area contributed by atoms with E-state index < -0.39 is 5.91 Å². The van der Waals surface area contributed by atoms with Gasteiger partial charge in [0.1, 0.15) is 10.7 Å². The number of amides is 2.